The maximum Gasteiger partial charge on any atom is 0.272 e. The van der Waals surface area contributed by atoms with Gasteiger partial charge in [-0.05, 0) is 31.0 Å². The SMILES string of the molecule is CCc1cc(C(=O)N/N=C(/C)Cc2ccccc2)c2ccccc2n1. The lowest BCUT2D eigenvalue weighted by molar-refractivity contribution is 0.0956. The van der Waals surface area contributed by atoms with Gasteiger partial charge in [-0.2, -0.15) is 5.10 Å². The van der Waals surface area contributed by atoms with Crippen LogP contribution < -0.4 is 5.43 Å². The number of carbonyl (C=O) groups excluding carboxylic acids is 1. The molecule has 0 aliphatic rings. The number of benzene rings is 2. The molecule has 2 aromatic carbocycles. The van der Waals surface area contributed by atoms with Crippen LogP contribution in [0.4, 0.5) is 0 Å². The number of hydrogen-bond donors (Lipinski definition) is 1. The van der Waals surface area contributed by atoms with Crippen molar-refractivity contribution in [1.29, 1.82) is 0 Å². The van der Waals surface area contributed by atoms with Crippen LogP contribution >= 0.6 is 0 Å². The predicted molar refractivity (Wildman–Crippen MR) is 102 cm³/mol. The summed E-state index contributed by atoms with van der Waals surface area (Å²) < 4.78 is 0. The molecule has 0 bridgehead atoms. The summed E-state index contributed by atoms with van der Waals surface area (Å²) in [5.74, 6) is -0.208. The lowest BCUT2D eigenvalue weighted by Gasteiger charge is -2.08. The Morgan fingerprint density at radius 2 is 1.80 bits per heavy atom. The number of amides is 1. The number of rotatable bonds is 5. The highest BCUT2D eigenvalue weighted by molar-refractivity contribution is 6.06. The molecule has 1 aromatic heterocycles. The first-order valence-corrected chi connectivity index (χ1v) is 8.43. The minimum Gasteiger partial charge on any atom is -0.267 e. The van der Waals surface area contributed by atoms with E-state index in [0.29, 0.717) is 12.0 Å². The Balaban J connectivity index is 1.81. The van der Waals surface area contributed by atoms with Crippen LogP contribution in [-0.2, 0) is 12.8 Å². The molecule has 1 N–H and O–H groups in total. The molecule has 1 heterocycles. The molecule has 0 aliphatic carbocycles. The Labute approximate surface area is 147 Å². The van der Waals surface area contributed by atoms with Crippen LogP contribution in [0.25, 0.3) is 10.9 Å². The van der Waals surface area contributed by atoms with Crippen molar-refractivity contribution < 1.29 is 4.79 Å². The number of aromatic nitrogens is 1. The molecule has 0 saturated heterocycles. The van der Waals surface area contributed by atoms with Crippen molar-refractivity contribution >= 4 is 22.5 Å². The molecular formula is C21H21N3O. The third kappa shape index (κ3) is 4.10. The second kappa shape index (κ2) is 7.71. The predicted octanol–water partition coefficient (Wildman–Crippen LogP) is 4.15. The van der Waals surface area contributed by atoms with Crippen molar-refractivity contribution in [1.82, 2.24) is 10.4 Å². The number of hydrogen-bond acceptors (Lipinski definition) is 3. The van der Waals surface area contributed by atoms with Gasteiger partial charge in [-0.1, -0.05) is 55.5 Å². The third-order valence-corrected chi connectivity index (χ3v) is 4.03. The van der Waals surface area contributed by atoms with Gasteiger partial charge in [0.1, 0.15) is 0 Å². The summed E-state index contributed by atoms with van der Waals surface area (Å²) in [6.07, 6.45) is 1.49. The van der Waals surface area contributed by atoms with Gasteiger partial charge in [0.15, 0.2) is 0 Å². The van der Waals surface area contributed by atoms with Gasteiger partial charge in [0.05, 0.1) is 11.1 Å². The molecule has 25 heavy (non-hydrogen) atoms. The second-order valence-corrected chi connectivity index (χ2v) is 5.98. The summed E-state index contributed by atoms with van der Waals surface area (Å²) in [5.41, 5.74) is 7.04. The Morgan fingerprint density at radius 3 is 2.56 bits per heavy atom. The monoisotopic (exact) mass is 331 g/mol. The quantitative estimate of drug-likeness (QED) is 0.564. The number of nitrogens with one attached hydrogen (secondary N) is 1. The van der Waals surface area contributed by atoms with E-state index in [9.17, 15) is 4.79 Å². The number of para-hydroxylation sites is 1. The van der Waals surface area contributed by atoms with Gasteiger partial charge in [-0.15, -0.1) is 0 Å². The van der Waals surface area contributed by atoms with Crippen molar-refractivity contribution in [3.63, 3.8) is 0 Å². The molecule has 126 valence electrons. The van der Waals surface area contributed by atoms with Crippen LogP contribution in [0.15, 0.2) is 65.8 Å². The van der Waals surface area contributed by atoms with E-state index < -0.39 is 0 Å². The molecule has 0 atom stereocenters. The van der Waals surface area contributed by atoms with E-state index in [4.69, 9.17) is 0 Å². The fourth-order valence-electron chi connectivity index (χ4n) is 2.74. The molecule has 0 fully saturated rings. The van der Waals surface area contributed by atoms with E-state index in [1.807, 2.05) is 74.5 Å². The van der Waals surface area contributed by atoms with Crippen LogP contribution in [0, 0.1) is 0 Å². The van der Waals surface area contributed by atoms with Gasteiger partial charge < -0.3 is 0 Å². The Morgan fingerprint density at radius 1 is 1.08 bits per heavy atom. The first-order chi connectivity index (χ1) is 12.2. The third-order valence-electron chi connectivity index (χ3n) is 4.03. The van der Waals surface area contributed by atoms with Gasteiger partial charge in [0.2, 0.25) is 0 Å². The van der Waals surface area contributed by atoms with Gasteiger partial charge in [0.25, 0.3) is 5.91 Å². The van der Waals surface area contributed by atoms with E-state index in [2.05, 4.69) is 15.5 Å². The van der Waals surface area contributed by atoms with Gasteiger partial charge >= 0.3 is 0 Å². The topological polar surface area (TPSA) is 54.4 Å². The fourth-order valence-corrected chi connectivity index (χ4v) is 2.74. The van der Waals surface area contributed by atoms with Crippen molar-refractivity contribution in [3.8, 4) is 0 Å². The van der Waals surface area contributed by atoms with Gasteiger partial charge in [0, 0.05) is 23.2 Å². The average Bonchev–Trinajstić information content (AvgIpc) is 2.66. The zero-order chi connectivity index (χ0) is 17.6. The fraction of sp³-hybridized carbons (Fsp3) is 0.190. The summed E-state index contributed by atoms with van der Waals surface area (Å²) in [4.78, 5) is 17.2. The largest absolute Gasteiger partial charge is 0.272 e. The van der Waals surface area contributed by atoms with E-state index in [0.717, 1.165) is 28.7 Å². The van der Waals surface area contributed by atoms with Crippen molar-refractivity contribution in [2.24, 2.45) is 5.10 Å². The van der Waals surface area contributed by atoms with Crippen molar-refractivity contribution in [3.05, 3.63) is 77.5 Å². The smallest absolute Gasteiger partial charge is 0.267 e. The lowest BCUT2D eigenvalue weighted by Crippen LogP contribution is -2.20. The van der Waals surface area contributed by atoms with Crippen LogP contribution in [0.5, 0.6) is 0 Å². The van der Waals surface area contributed by atoms with Crippen LogP contribution in [0.1, 0.15) is 35.5 Å². The van der Waals surface area contributed by atoms with E-state index in [-0.39, 0.29) is 5.91 Å². The highest BCUT2D eigenvalue weighted by Crippen LogP contribution is 2.18. The zero-order valence-corrected chi connectivity index (χ0v) is 14.5. The maximum atomic E-state index is 12.6. The summed E-state index contributed by atoms with van der Waals surface area (Å²) in [7, 11) is 0. The molecular weight excluding hydrogens is 310 g/mol. The van der Waals surface area contributed by atoms with E-state index >= 15 is 0 Å². The molecule has 3 rings (SSSR count). The highest BCUT2D eigenvalue weighted by Gasteiger charge is 2.12. The summed E-state index contributed by atoms with van der Waals surface area (Å²) in [6, 6.07) is 19.6. The zero-order valence-electron chi connectivity index (χ0n) is 14.5. The molecule has 0 aliphatic heterocycles. The van der Waals surface area contributed by atoms with Crippen LogP contribution in [-0.4, -0.2) is 16.6 Å². The minimum absolute atomic E-state index is 0.208. The Kier molecular flexibility index (Phi) is 5.19. The molecule has 3 aromatic rings. The molecule has 1 amide bonds. The molecule has 4 nitrogen and oxygen atoms in total. The minimum atomic E-state index is -0.208. The summed E-state index contributed by atoms with van der Waals surface area (Å²) in [6.45, 7) is 3.94. The lowest BCUT2D eigenvalue weighted by atomic mass is 10.1. The number of aryl methyl sites for hydroxylation is 1. The number of pyridine rings is 1. The number of carbonyl (C=O) groups is 1. The van der Waals surface area contributed by atoms with E-state index in [1.165, 1.54) is 5.56 Å². The first-order valence-electron chi connectivity index (χ1n) is 8.43. The van der Waals surface area contributed by atoms with Crippen molar-refractivity contribution in [2.75, 3.05) is 0 Å². The van der Waals surface area contributed by atoms with Gasteiger partial charge in [-0.3, -0.25) is 9.78 Å². The standard InChI is InChI=1S/C21H21N3O/c1-3-17-14-19(18-11-7-8-12-20(18)22-17)21(25)24-23-15(2)13-16-9-5-4-6-10-16/h4-12,14H,3,13H2,1-2H3,(H,24,25)/b23-15-. The Hall–Kier alpha value is -3.01. The molecule has 0 saturated carbocycles. The van der Waals surface area contributed by atoms with Crippen LogP contribution in [0.3, 0.4) is 0 Å². The van der Waals surface area contributed by atoms with Gasteiger partial charge in [-0.25, -0.2) is 5.43 Å². The molecule has 0 spiro atoms. The number of fused-ring (bicyclic) bond motifs is 1. The normalized spacial score (nSPS) is 11.5. The molecule has 4 heteroatoms. The second-order valence-electron chi connectivity index (χ2n) is 5.98. The van der Waals surface area contributed by atoms with E-state index in [1.54, 1.807) is 0 Å². The van der Waals surface area contributed by atoms with Crippen molar-refractivity contribution in [2.45, 2.75) is 26.7 Å². The maximum absolute atomic E-state index is 12.6. The summed E-state index contributed by atoms with van der Waals surface area (Å²) in [5, 5.41) is 5.10. The molecule has 0 unspecified atom stereocenters. The average molecular weight is 331 g/mol. The Bertz CT molecular complexity index is 917. The number of nitrogens with zero attached hydrogens (tertiary/aromatic N) is 2. The van der Waals surface area contributed by atoms with Crippen LogP contribution in [0.2, 0.25) is 0 Å². The first kappa shape index (κ1) is 16.8. The summed E-state index contributed by atoms with van der Waals surface area (Å²) >= 11 is 0. The highest BCUT2D eigenvalue weighted by atomic mass is 16.2. The number of hydrazone groups is 1. The molecule has 0 radical (unpaired) electrons.